The fraction of sp³-hybridized carbons (Fsp3) is 0.844. The van der Waals surface area contributed by atoms with Crippen LogP contribution < -0.4 is 5.43 Å². The molecular formula is C32H57N3O4S. The van der Waals surface area contributed by atoms with E-state index in [1.165, 1.54) is 11.8 Å². The predicted molar refractivity (Wildman–Crippen MR) is 166 cm³/mol. The molecule has 1 aliphatic heterocycles. The summed E-state index contributed by atoms with van der Waals surface area (Å²) >= 11 is 0. The maximum absolute atomic E-state index is 14.0. The van der Waals surface area contributed by atoms with Gasteiger partial charge in [0.2, 0.25) is 0 Å². The molecule has 0 amide bonds. The molecule has 230 valence electrons. The molecule has 1 N–H and O–H groups in total. The van der Waals surface area contributed by atoms with E-state index in [-0.39, 0.29) is 33.2 Å². The van der Waals surface area contributed by atoms with Crippen molar-refractivity contribution >= 4 is 26.3 Å². The van der Waals surface area contributed by atoms with Crippen LogP contribution in [0.25, 0.3) is 0 Å². The number of rotatable bonds is 16. The Morgan fingerprint density at radius 1 is 0.950 bits per heavy atom. The minimum Gasteiger partial charge on any atom is -0.300 e. The first-order chi connectivity index (χ1) is 17.9. The first kappa shape index (κ1) is 36.2. The lowest BCUT2D eigenvalue weighted by molar-refractivity contribution is -0.126. The van der Waals surface area contributed by atoms with Crippen LogP contribution >= 0.6 is 0 Å². The first-order valence-corrected chi connectivity index (χ1v) is 16.6. The van der Waals surface area contributed by atoms with Crippen LogP contribution in [0.4, 0.5) is 0 Å². The zero-order valence-electron chi connectivity index (χ0n) is 27.7. The van der Waals surface area contributed by atoms with E-state index in [9.17, 15) is 18.6 Å². The Morgan fingerprint density at radius 3 is 1.95 bits per heavy atom. The van der Waals surface area contributed by atoms with Gasteiger partial charge >= 0.3 is 0 Å². The van der Waals surface area contributed by atoms with Crippen molar-refractivity contribution in [3.63, 3.8) is 0 Å². The van der Waals surface area contributed by atoms with Crippen molar-refractivity contribution in [3.8, 4) is 0 Å². The Morgan fingerprint density at radius 2 is 1.48 bits per heavy atom. The van der Waals surface area contributed by atoms with Gasteiger partial charge in [-0.15, -0.1) is 0 Å². The average molecular weight is 580 g/mol. The minimum atomic E-state index is -3.12. The molecule has 0 aromatic rings. The largest absolute Gasteiger partial charge is 0.300 e. The number of carbonyl (C=O) groups excluding carboxylic acids is 3. The predicted octanol–water partition coefficient (Wildman–Crippen LogP) is 7.60. The molecule has 0 saturated carbocycles. The number of carbonyl (C=O) groups is 2. The normalized spacial score (nSPS) is 18.8. The molecule has 0 aromatic carbocycles. The van der Waals surface area contributed by atoms with Crippen LogP contribution in [0.5, 0.6) is 0 Å². The Hall–Kier alpha value is -1.79. The zero-order valence-corrected chi connectivity index (χ0v) is 28.5. The van der Waals surface area contributed by atoms with Crippen LogP contribution in [0.1, 0.15) is 128 Å². The Labute approximate surface area is 244 Å². The van der Waals surface area contributed by atoms with Gasteiger partial charge in [-0.3, -0.25) is 14.4 Å². The van der Waals surface area contributed by atoms with Gasteiger partial charge in [0.15, 0.2) is 5.23 Å². The summed E-state index contributed by atoms with van der Waals surface area (Å²) in [5.41, 5.74) is 4.31. The second-order valence-electron chi connectivity index (χ2n) is 15.7. The highest BCUT2D eigenvalue weighted by molar-refractivity contribution is 8.01. The summed E-state index contributed by atoms with van der Waals surface area (Å²) in [7, 11) is -3.12. The van der Waals surface area contributed by atoms with Crippen molar-refractivity contribution in [2.75, 3.05) is 12.8 Å². The number of hydrogen-bond acceptors (Lipinski definition) is 7. The standard InChI is InChI=1S/C32H57N3O4S/c1-14-32(40(13,39)22-36,21-31(11,12)20-28(5,6)15-24(3)37)25(4)27(38)17-30(9,10)19-29(7,8)16-26-23(2)18-33-35-34-26/h25H,14-21H2,1-13H3,(H,33,34)/t25-,32?,40?/m0/s1. The highest BCUT2D eigenvalue weighted by atomic mass is 32.2. The third kappa shape index (κ3) is 9.94. The number of Topliss-reactive ketones (excluding diaryl/α,β-unsaturated/α-hetero) is 2. The topological polar surface area (TPSA) is 105 Å². The van der Waals surface area contributed by atoms with Crippen LogP contribution in [0.2, 0.25) is 0 Å². The number of ketones is 2. The molecule has 0 fully saturated rings. The molecule has 40 heavy (non-hydrogen) atoms. The third-order valence-corrected chi connectivity index (χ3v) is 11.3. The maximum Gasteiger partial charge on any atom is 0.186 e. The van der Waals surface area contributed by atoms with Gasteiger partial charge in [0, 0.05) is 30.7 Å². The monoisotopic (exact) mass is 579 g/mol. The lowest BCUT2D eigenvalue weighted by Gasteiger charge is -2.46. The molecular weight excluding hydrogens is 522 g/mol. The van der Waals surface area contributed by atoms with E-state index < -0.39 is 20.2 Å². The van der Waals surface area contributed by atoms with Gasteiger partial charge < -0.3 is 4.79 Å². The maximum atomic E-state index is 14.0. The van der Waals surface area contributed by atoms with Crippen molar-refractivity contribution in [2.24, 2.45) is 37.9 Å². The Kier molecular flexibility index (Phi) is 11.8. The van der Waals surface area contributed by atoms with Gasteiger partial charge in [-0.25, -0.2) is 4.79 Å². The van der Waals surface area contributed by atoms with E-state index in [2.05, 4.69) is 78.1 Å². The van der Waals surface area contributed by atoms with E-state index in [1.807, 2.05) is 19.1 Å². The van der Waals surface area contributed by atoms with E-state index in [1.54, 1.807) is 6.92 Å². The smallest absolute Gasteiger partial charge is 0.186 e. The van der Waals surface area contributed by atoms with Gasteiger partial charge in [-0.05, 0) is 73.2 Å². The van der Waals surface area contributed by atoms with Crippen LogP contribution in [-0.2, 0) is 23.9 Å². The van der Waals surface area contributed by atoms with Gasteiger partial charge in [-0.2, -0.15) is 5.11 Å². The summed E-state index contributed by atoms with van der Waals surface area (Å²) in [5, 5.41) is 9.89. The summed E-state index contributed by atoms with van der Waals surface area (Å²) in [6.45, 7) is 25.0. The Bertz CT molecular complexity index is 1150. The van der Waals surface area contributed by atoms with Crippen LogP contribution in [0.3, 0.4) is 0 Å². The number of nitrogens with zero attached hydrogens (tertiary/aromatic N) is 2. The molecule has 0 aromatic heterocycles. The SMILES string of the molecule is CCC(CC(C)(C)CC(C)(C)CC(C)=O)([C@@H](C)C(=O)CC(C)(C)CC(C)(C)CC1=C(C)CN=NN1)S(C)(=O)=C=O. The molecule has 0 spiro atoms. The number of allylic oxidation sites excluding steroid dienone is 1. The van der Waals surface area contributed by atoms with E-state index in [4.69, 9.17) is 0 Å². The van der Waals surface area contributed by atoms with Crippen molar-refractivity contribution < 1.29 is 18.6 Å². The number of nitrogens with one attached hydrogen (secondary N) is 1. The fourth-order valence-electron chi connectivity index (χ4n) is 7.76. The Balaban J connectivity index is 3.28. The lowest BCUT2D eigenvalue weighted by Crippen LogP contribution is -2.51. The molecule has 1 heterocycles. The van der Waals surface area contributed by atoms with E-state index in [0.29, 0.717) is 38.6 Å². The molecule has 0 saturated heterocycles. The van der Waals surface area contributed by atoms with Crippen LogP contribution in [-0.4, -0.2) is 38.6 Å². The van der Waals surface area contributed by atoms with Crippen molar-refractivity contribution in [3.05, 3.63) is 11.3 Å². The second kappa shape index (κ2) is 13.0. The highest BCUT2D eigenvalue weighted by Gasteiger charge is 2.50. The first-order valence-electron chi connectivity index (χ1n) is 14.6. The molecule has 0 radical (unpaired) electrons. The molecule has 8 heteroatoms. The average Bonchev–Trinajstić information content (AvgIpc) is 2.75. The third-order valence-electron chi connectivity index (χ3n) is 8.61. The van der Waals surface area contributed by atoms with Gasteiger partial charge in [0.05, 0.1) is 20.8 Å². The fourth-order valence-corrected chi connectivity index (χ4v) is 9.95. The van der Waals surface area contributed by atoms with Crippen molar-refractivity contribution in [2.45, 2.75) is 133 Å². The van der Waals surface area contributed by atoms with E-state index >= 15 is 0 Å². The summed E-state index contributed by atoms with van der Waals surface area (Å²) in [5.74, 6) is -0.419. The van der Waals surface area contributed by atoms with Crippen LogP contribution in [0.15, 0.2) is 21.6 Å². The summed E-state index contributed by atoms with van der Waals surface area (Å²) in [6, 6.07) is 0. The number of hydrogen-bond donors (Lipinski definition) is 1. The molecule has 1 rings (SSSR count). The summed E-state index contributed by atoms with van der Waals surface area (Å²) < 4.78 is 12.9. The summed E-state index contributed by atoms with van der Waals surface area (Å²) in [6.07, 6.45) is 5.44. The van der Waals surface area contributed by atoms with Gasteiger partial charge in [0.1, 0.15) is 11.6 Å². The molecule has 0 bridgehead atoms. The molecule has 0 aliphatic carbocycles. The molecule has 7 nitrogen and oxygen atoms in total. The summed E-state index contributed by atoms with van der Waals surface area (Å²) in [4.78, 5) is 38.1. The van der Waals surface area contributed by atoms with Crippen LogP contribution in [0, 0.1) is 27.6 Å². The van der Waals surface area contributed by atoms with Crippen molar-refractivity contribution in [1.29, 1.82) is 0 Å². The van der Waals surface area contributed by atoms with E-state index in [0.717, 1.165) is 18.5 Å². The van der Waals surface area contributed by atoms with Gasteiger partial charge in [-0.1, -0.05) is 74.5 Å². The molecule has 2 unspecified atom stereocenters. The lowest BCUT2D eigenvalue weighted by atomic mass is 9.65. The van der Waals surface area contributed by atoms with Gasteiger partial charge in [0.25, 0.3) is 0 Å². The quantitative estimate of drug-likeness (QED) is 0.190. The molecule has 3 atom stereocenters. The zero-order chi connectivity index (χ0) is 31.4. The minimum absolute atomic E-state index is 0.0336. The molecule has 1 aliphatic rings. The van der Waals surface area contributed by atoms with Crippen molar-refractivity contribution in [1.82, 2.24) is 5.43 Å². The second-order valence-corrected chi connectivity index (χ2v) is 18.4. The highest BCUT2D eigenvalue weighted by Crippen LogP contribution is 2.48.